The minimum absolute atomic E-state index is 0.0510. The zero-order valence-corrected chi connectivity index (χ0v) is 16.0. The van der Waals surface area contributed by atoms with Gasteiger partial charge in [0.1, 0.15) is 0 Å². The van der Waals surface area contributed by atoms with Gasteiger partial charge in [0.2, 0.25) is 0 Å². The SMILES string of the molecule is CCc1cccc(C)c1NC(=O)COC(=O)CCC(=O)c1ccc(C)cc1. The molecule has 0 fully saturated rings. The number of rotatable bonds is 8. The number of anilines is 1. The molecular weight excluding hydrogens is 342 g/mol. The first kappa shape index (κ1) is 20.4. The Morgan fingerprint density at radius 1 is 0.963 bits per heavy atom. The number of ether oxygens (including phenoxy) is 1. The molecule has 0 aromatic heterocycles. The molecule has 0 saturated carbocycles. The van der Waals surface area contributed by atoms with Crippen LogP contribution in [-0.4, -0.2) is 24.3 Å². The first-order chi connectivity index (χ1) is 12.9. The fourth-order valence-corrected chi connectivity index (χ4v) is 2.70. The number of nitrogens with one attached hydrogen (secondary N) is 1. The predicted octanol–water partition coefficient (Wildman–Crippen LogP) is 4.01. The molecule has 0 spiro atoms. The highest BCUT2D eigenvalue weighted by atomic mass is 16.5. The van der Waals surface area contributed by atoms with E-state index >= 15 is 0 Å². The number of carbonyl (C=O) groups excluding carboxylic acids is 3. The van der Waals surface area contributed by atoms with Gasteiger partial charge in [0.05, 0.1) is 6.42 Å². The maximum atomic E-state index is 12.1. The maximum Gasteiger partial charge on any atom is 0.306 e. The molecule has 5 nitrogen and oxygen atoms in total. The average molecular weight is 367 g/mol. The molecule has 2 rings (SSSR count). The maximum absolute atomic E-state index is 12.1. The molecule has 0 heterocycles. The Labute approximate surface area is 159 Å². The number of hydrogen-bond acceptors (Lipinski definition) is 4. The van der Waals surface area contributed by atoms with E-state index in [0.717, 1.165) is 28.8 Å². The van der Waals surface area contributed by atoms with Gasteiger partial charge < -0.3 is 10.1 Å². The Kier molecular flexibility index (Phi) is 7.29. The summed E-state index contributed by atoms with van der Waals surface area (Å²) in [5.41, 5.74) is 4.38. The molecule has 5 heteroatoms. The second kappa shape index (κ2) is 9.67. The van der Waals surface area contributed by atoms with Crippen LogP contribution in [0, 0.1) is 13.8 Å². The minimum Gasteiger partial charge on any atom is -0.456 e. The third kappa shape index (κ3) is 6.06. The molecule has 0 saturated heterocycles. The molecule has 0 aliphatic heterocycles. The third-order valence-corrected chi connectivity index (χ3v) is 4.30. The number of hydrogen-bond donors (Lipinski definition) is 1. The lowest BCUT2D eigenvalue weighted by atomic mass is 10.1. The second-order valence-electron chi connectivity index (χ2n) is 6.46. The summed E-state index contributed by atoms with van der Waals surface area (Å²) in [5, 5.41) is 2.80. The Hall–Kier alpha value is -2.95. The average Bonchev–Trinajstić information content (AvgIpc) is 2.66. The van der Waals surface area contributed by atoms with Gasteiger partial charge >= 0.3 is 5.97 Å². The number of carbonyl (C=O) groups is 3. The number of amides is 1. The van der Waals surface area contributed by atoms with Gasteiger partial charge in [-0.3, -0.25) is 14.4 Å². The molecule has 0 aliphatic rings. The van der Waals surface area contributed by atoms with Crippen molar-refractivity contribution in [3.05, 3.63) is 64.7 Å². The zero-order valence-electron chi connectivity index (χ0n) is 16.0. The van der Waals surface area contributed by atoms with E-state index in [4.69, 9.17) is 4.74 Å². The van der Waals surface area contributed by atoms with Crippen LogP contribution in [0.3, 0.4) is 0 Å². The van der Waals surface area contributed by atoms with Crippen LogP contribution in [0.15, 0.2) is 42.5 Å². The van der Waals surface area contributed by atoms with Crippen molar-refractivity contribution in [3.63, 3.8) is 0 Å². The van der Waals surface area contributed by atoms with Gasteiger partial charge in [0, 0.05) is 17.7 Å². The highest BCUT2D eigenvalue weighted by molar-refractivity contribution is 5.98. The molecule has 0 aliphatic carbocycles. The van der Waals surface area contributed by atoms with Crippen LogP contribution in [0.5, 0.6) is 0 Å². The van der Waals surface area contributed by atoms with E-state index in [1.165, 1.54) is 0 Å². The molecule has 0 unspecified atom stereocenters. The number of benzene rings is 2. The Morgan fingerprint density at radius 2 is 1.67 bits per heavy atom. The van der Waals surface area contributed by atoms with Crippen molar-refractivity contribution in [3.8, 4) is 0 Å². The molecule has 2 aromatic rings. The van der Waals surface area contributed by atoms with Crippen molar-refractivity contribution >= 4 is 23.3 Å². The highest BCUT2D eigenvalue weighted by Crippen LogP contribution is 2.20. The van der Waals surface area contributed by atoms with Crippen molar-refractivity contribution in [1.29, 1.82) is 0 Å². The fraction of sp³-hybridized carbons (Fsp3) is 0.318. The third-order valence-electron chi connectivity index (χ3n) is 4.30. The lowest BCUT2D eigenvalue weighted by Crippen LogP contribution is -2.22. The van der Waals surface area contributed by atoms with Gasteiger partial charge in [0.15, 0.2) is 12.4 Å². The molecule has 1 amide bonds. The van der Waals surface area contributed by atoms with Gasteiger partial charge in [-0.25, -0.2) is 0 Å². The zero-order chi connectivity index (χ0) is 19.8. The summed E-state index contributed by atoms with van der Waals surface area (Å²) >= 11 is 0. The Morgan fingerprint density at radius 3 is 2.33 bits per heavy atom. The molecule has 142 valence electrons. The number of ketones is 1. The monoisotopic (exact) mass is 367 g/mol. The summed E-state index contributed by atoms with van der Waals surface area (Å²) in [6, 6.07) is 13.0. The molecule has 0 atom stereocenters. The molecule has 27 heavy (non-hydrogen) atoms. The van der Waals surface area contributed by atoms with Crippen molar-refractivity contribution in [2.24, 2.45) is 0 Å². The number of para-hydroxylation sites is 1. The Bertz CT molecular complexity index is 825. The lowest BCUT2D eigenvalue weighted by Gasteiger charge is -2.13. The van der Waals surface area contributed by atoms with Gasteiger partial charge in [-0.2, -0.15) is 0 Å². The summed E-state index contributed by atoms with van der Waals surface area (Å²) in [5.74, 6) is -1.08. The highest BCUT2D eigenvalue weighted by Gasteiger charge is 2.13. The van der Waals surface area contributed by atoms with Crippen LogP contribution in [0.1, 0.15) is 46.8 Å². The number of aryl methyl sites for hydroxylation is 3. The Balaban J connectivity index is 1.79. The first-order valence-electron chi connectivity index (χ1n) is 9.04. The molecular formula is C22H25NO4. The largest absolute Gasteiger partial charge is 0.456 e. The summed E-state index contributed by atoms with van der Waals surface area (Å²) in [6.45, 7) is 5.50. The van der Waals surface area contributed by atoms with Crippen LogP contribution in [0.25, 0.3) is 0 Å². The topological polar surface area (TPSA) is 72.5 Å². The van der Waals surface area contributed by atoms with Crippen molar-refractivity contribution in [2.45, 2.75) is 40.0 Å². The van der Waals surface area contributed by atoms with Crippen LogP contribution in [-0.2, 0) is 20.7 Å². The second-order valence-corrected chi connectivity index (χ2v) is 6.46. The van der Waals surface area contributed by atoms with E-state index in [9.17, 15) is 14.4 Å². The van der Waals surface area contributed by atoms with Crippen LogP contribution >= 0.6 is 0 Å². The van der Waals surface area contributed by atoms with Gasteiger partial charge in [-0.1, -0.05) is 55.0 Å². The van der Waals surface area contributed by atoms with Gasteiger partial charge in [-0.15, -0.1) is 0 Å². The predicted molar refractivity (Wildman–Crippen MR) is 105 cm³/mol. The summed E-state index contributed by atoms with van der Waals surface area (Å²) in [4.78, 5) is 36.0. The van der Waals surface area contributed by atoms with Crippen molar-refractivity contribution in [2.75, 3.05) is 11.9 Å². The summed E-state index contributed by atoms with van der Waals surface area (Å²) in [6.07, 6.45) is 0.796. The van der Waals surface area contributed by atoms with E-state index in [1.54, 1.807) is 12.1 Å². The minimum atomic E-state index is -0.564. The first-order valence-corrected chi connectivity index (χ1v) is 9.04. The van der Waals surface area contributed by atoms with E-state index < -0.39 is 11.9 Å². The van der Waals surface area contributed by atoms with Crippen LogP contribution in [0.4, 0.5) is 5.69 Å². The van der Waals surface area contributed by atoms with E-state index in [2.05, 4.69) is 5.32 Å². The summed E-state index contributed by atoms with van der Waals surface area (Å²) in [7, 11) is 0. The van der Waals surface area contributed by atoms with E-state index in [-0.39, 0.29) is 25.2 Å². The van der Waals surface area contributed by atoms with Crippen molar-refractivity contribution < 1.29 is 19.1 Å². The lowest BCUT2D eigenvalue weighted by molar-refractivity contribution is -0.147. The fourth-order valence-electron chi connectivity index (χ4n) is 2.70. The van der Waals surface area contributed by atoms with Gasteiger partial charge in [0.25, 0.3) is 5.91 Å². The van der Waals surface area contributed by atoms with Crippen LogP contribution in [0.2, 0.25) is 0 Å². The molecule has 2 aromatic carbocycles. The number of esters is 1. The normalized spacial score (nSPS) is 10.3. The smallest absolute Gasteiger partial charge is 0.306 e. The quantitative estimate of drug-likeness (QED) is 0.565. The van der Waals surface area contributed by atoms with E-state index in [0.29, 0.717) is 5.56 Å². The summed E-state index contributed by atoms with van der Waals surface area (Å²) < 4.78 is 4.99. The molecule has 0 radical (unpaired) electrons. The van der Waals surface area contributed by atoms with Crippen molar-refractivity contribution in [1.82, 2.24) is 0 Å². The number of Topliss-reactive ketones (excluding diaryl/α,β-unsaturated/α-hetero) is 1. The standard InChI is InChI=1S/C22H25NO4/c1-4-17-7-5-6-16(3)22(17)23-20(25)14-27-21(26)13-12-19(24)18-10-8-15(2)9-11-18/h5-11H,4,12-14H2,1-3H3,(H,23,25). The van der Waals surface area contributed by atoms with Crippen LogP contribution < -0.4 is 5.32 Å². The molecule has 0 bridgehead atoms. The van der Waals surface area contributed by atoms with Gasteiger partial charge in [-0.05, 0) is 31.4 Å². The molecule has 1 N–H and O–H groups in total. The van der Waals surface area contributed by atoms with E-state index in [1.807, 2.05) is 51.1 Å².